The average Bonchev–Trinajstić information content (AvgIpc) is 3.18. The Morgan fingerprint density at radius 1 is 1.08 bits per heavy atom. The van der Waals surface area contributed by atoms with Crippen LogP contribution in [-0.2, 0) is 18.4 Å². The van der Waals surface area contributed by atoms with Crippen LogP contribution in [0, 0.1) is 6.92 Å². The quantitative estimate of drug-likeness (QED) is 0.747. The number of hydrogen-bond acceptors (Lipinski definition) is 6. The van der Waals surface area contributed by atoms with Crippen LogP contribution in [0.25, 0.3) is 11.3 Å². The van der Waals surface area contributed by atoms with Crippen molar-refractivity contribution in [2.75, 3.05) is 0 Å². The van der Waals surface area contributed by atoms with Crippen LogP contribution in [0.15, 0.2) is 39.3 Å². The summed E-state index contributed by atoms with van der Waals surface area (Å²) in [4.78, 5) is 8.94. The van der Waals surface area contributed by atoms with Crippen molar-refractivity contribution in [3.05, 3.63) is 53.6 Å². The molecule has 1 aliphatic rings. The Kier molecular flexibility index (Phi) is 4.92. The second kappa shape index (κ2) is 6.98. The highest BCUT2D eigenvalue weighted by molar-refractivity contribution is 5.85. The van der Waals surface area contributed by atoms with Crippen molar-refractivity contribution in [3.8, 4) is 11.3 Å². The maximum absolute atomic E-state index is 6.22. The van der Waals surface area contributed by atoms with Crippen LogP contribution < -0.4 is 5.73 Å². The summed E-state index contributed by atoms with van der Waals surface area (Å²) in [6, 6.07) is 9.98. The van der Waals surface area contributed by atoms with Crippen molar-refractivity contribution in [1.82, 2.24) is 15.1 Å². The molecule has 1 aromatic carbocycles. The number of nitrogens with two attached hydrogens (primary N) is 1. The molecule has 1 aliphatic carbocycles. The van der Waals surface area contributed by atoms with E-state index in [0.29, 0.717) is 30.4 Å². The van der Waals surface area contributed by atoms with Crippen molar-refractivity contribution in [1.29, 1.82) is 0 Å². The van der Waals surface area contributed by atoms with Crippen LogP contribution in [0.4, 0.5) is 0 Å². The number of nitrogens with zero attached hydrogens (tertiary/aromatic N) is 3. The van der Waals surface area contributed by atoms with Gasteiger partial charge in [0.25, 0.3) is 0 Å². The molecule has 25 heavy (non-hydrogen) atoms. The molecule has 1 saturated carbocycles. The Bertz CT molecular complexity index is 840. The molecule has 0 saturated heterocycles. The first-order chi connectivity index (χ1) is 11.6. The lowest BCUT2D eigenvalue weighted by Crippen LogP contribution is -2.44. The third kappa shape index (κ3) is 3.45. The van der Waals surface area contributed by atoms with E-state index in [-0.39, 0.29) is 17.9 Å². The van der Waals surface area contributed by atoms with Gasteiger partial charge in [0.1, 0.15) is 0 Å². The lowest BCUT2D eigenvalue weighted by molar-refractivity contribution is 0.229. The smallest absolute Gasteiger partial charge is 0.227 e. The van der Waals surface area contributed by atoms with E-state index in [0.717, 1.165) is 36.3 Å². The zero-order chi connectivity index (χ0) is 16.6. The van der Waals surface area contributed by atoms with Crippen LogP contribution >= 0.6 is 12.4 Å². The molecule has 6 nitrogen and oxygen atoms in total. The Labute approximate surface area is 152 Å². The van der Waals surface area contributed by atoms with Gasteiger partial charge in [-0.15, -0.1) is 12.4 Å². The monoisotopic (exact) mass is 360 g/mol. The number of halogens is 1. The van der Waals surface area contributed by atoms with E-state index in [2.05, 4.69) is 15.1 Å². The van der Waals surface area contributed by atoms with Crippen molar-refractivity contribution < 1.29 is 8.94 Å². The fraction of sp³-hybridized carbons (Fsp3) is 0.389. The molecule has 0 aliphatic heterocycles. The first-order valence-corrected chi connectivity index (χ1v) is 8.28. The summed E-state index contributed by atoms with van der Waals surface area (Å²) in [5.41, 5.74) is 7.75. The lowest BCUT2D eigenvalue weighted by atomic mass is 9.77. The number of oxazole rings is 1. The van der Waals surface area contributed by atoms with Gasteiger partial charge >= 0.3 is 0 Å². The van der Waals surface area contributed by atoms with Gasteiger partial charge in [-0.05, 0) is 26.2 Å². The van der Waals surface area contributed by atoms with Gasteiger partial charge < -0.3 is 14.7 Å². The molecule has 0 bridgehead atoms. The van der Waals surface area contributed by atoms with E-state index >= 15 is 0 Å². The van der Waals surface area contributed by atoms with Crippen LogP contribution in [0.3, 0.4) is 0 Å². The third-order valence-electron chi connectivity index (χ3n) is 4.59. The third-order valence-corrected chi connectivity index (χ3v) is 4.59. The van der Waals surface area contributed by atoms with Crippen LogP contribution in [0.5, 0.6) is 0 Å². The van der Waals surface area contributed by atoms with E-state index < -0.39 is 0 Å². The van der Waals surface area contributed by atoms with Crippen molar-refractivity contribution in [2.24, 2.45) is 5.73 Å². The van der Waals surface area contributed by atoms with E-state index in [1.54, 1.807) is 0 Å². The first kappa shape index (κ1) is 17.6. The largest absolute Gasteiger partial charge is 0.440 e. The molecular formula is C18H21ClN4O2. The summed E-state index contributed by atoms with van der Waals surface area (Å²) >= 11 is 0. The second-order valence-corrected chi connectivity index (χ2v) is 6.41. The number of hydrogen-bond donors (Lipinski definition) is 1. The topological polar surface area (TPSA) is 91.0 Å². The zero-order valence-corrected chi connectivity index (χ0v) is 14.9. The van der Waals surface area contributed by atoms with Gasteiger partial charge in [0, 0.05) is 18.4 Å². The molecule has 0 unspecified atom stereocenters. The molecular weight excluding hydrogens is 340 g/mol. The SMILES string of the molecule is Cc1nc(CCc2nc(C3(N)CCC3)no2)oc1-c1ccccc1.Cl. The Balaban J connectivity index is 0.00000182. The summed E-state index contributed by atoms with van der Waals surface area (Å²) in [6.45, 7) is 1.95. The molecule has 0 atom stereocenters. The molecule has 3 aromatic rings. The van der Waals surface area contributed by atoms with Gasteiger partial charge in [-0.3, -0.25) is 0 Å². The summed E-state index contributed by atoms with van der Waals surface area (Å²) in [7, 11) is 0. The highest BCUT2D eigenvalue weighted by atomic mass is 35.5. The Hall–Kier alpha value is -2.18. The second-order valence-electron chi connectivity index (χ2n) is 6.41. The van der Waals surface area contributed by atoms with Crippen molar-refractivity contribution in [3.63, 3.8) is 0 Å². The van der Waals surface area contributed by atoms with Crippen molar-refractivity contribution in [2.45, 2.75) is 44.6 Å². The number of aryl methyl sites for hydroxylation is 3. The number of aromatic nitrogens is 3. The van der Waals surface area contributed by atoms with Gasteiger partial charge in [-0.1, -0.05) is 35.5 Å². The molecule has 2 heterocycles. The fourth-order valence-electron chi connectivity index (χ4n) is 2.97. The molecule has 0 amide bonds. The minimum atomic E-state index is -0.387. The maximum atomic E-state index is 6.22. The summed E-state index contributed by atoms with van der Waals surface area (Å²) in [5, 5.41) is 4.03. The Morgan fingerprint density at radius 3 is 2.48 bits per heavy atom. The van der Waals surface area contributed by atoms with Crippen LogP contribution in [0.2, 0.25) is 0 Å². The minimum absolute atomic E-state index is 0. The van der Waals surface area contributed by atoms with Gasteiger partial charge in [0.05, 0.1) is 11.2 Å². The molecule has 2 N–H and O–H groups in total. The molecule has 4 rings (SSSR count). The predicted molar refractivity (Wildman–Crippen MR) is 95.3 cm³/mol. The first-order valence-electron chi connectivity index (χ1n) is 8.28. The standard InChI is InChI=1S/C18H20N4O2.ClH/c1-12-16(13-6-3-2-4-7-13)23-14(20-12)8-9-15-21-17(22-24-15)18(19)10-5-11-18;/h2-4,6-7H,5,8-11,19H2,1H3;1H. The highest BCUT2D eigenvalue weighted by Crippen LogP contribution is 2.36. The van der Waals surface area contributed by atoms with E-state index in [9.17, 15) is 0 Å². The van der Waals surface area contributed by atoms with E-state index in [4.69, 9.17) is 14.7 Å². The molecule has 1 fully saturated rings. The normalized spacial score (nSPS) is 15.4. The predicted octanol–water partition coefficient (Wildman–Crippen LogP) is 3.58. The molecule has 0 spiro atoms. The summed E-state index contributed by atoms with van der Waals surface area (Å²) in [5.74, 6) is 2.69. The lowest BCUT2D eigenvalue weighted by Gasteiger charge is -2.34. The van der Waals surface area contributed by atoms with Gasteiger partial charge in [-0.25, -0.2) is 4.98 Å². The summed E-state index contributed by atoms with van der Waals surface area (Å²) in [6.07, 6.45) is 4.18. The molecule has 132 valence electrons. The fourth-order valence-corrected chi connectivity index (χ4v) is 2.97. The zero-order valence-electron chi connectivity index (χ0n) is 14.1. The molecule has 7 heteroatoms. The maximum Gasteiger partial charge on any atom is 0.227 e. The minimum Gasteiger partial charge on any atom is -0.440 e. The van der Waals surface area contributed by atoms with Crippen LogP contribution in [-0.4, -0.2) is 15.1 Å². The van der Waals surface area contributed by atoms with Gasteiger partial charge in [0.2, 0.25) is 5.89 Å². The molecule has 2 aromatic heterocycles. The summed E-state index contributed by atoms with van der Waals surface area (Å²) < 4.78 is 11.2. The highest BCUT2D eigenvalue weighted by Gasteiger charge is 2.38. The van der Waals surface area contributed by atoms with Gasteiger partial charge in [0.15, 0.2) is 17.5 Å². The van der Waals surface area contributed by atoms with Crippen molar-refractivity contribution >= 4 is 12.4 Å². The average molecular weight is 361 g/mol. The van der Waals surface area contributed by atoms with Gasteiger partial charge in [-0.2, -0.15) is 4.98 Å². The van der Waals surface area contributed by atoms with E-state index in [1.165, 1.54) is 0 Å². The van der Waals surface area contributed by atoms with Crippen LogP contribution in [0.1, 0.15) is 42.6 Å². The number of benzene rings is 1. The van der Waals surface area contributed by atoms with E-state index in [1.807, 2.05) is 37.3 Å². The molecule has 0 radical (unpaired) electrons. The number of rotatable bonds is 5. The Morgan fingerprint density at radius 2 is 1.80 bits per heavy atom.